The molecule has 3 aromatic rings. The van der Waals surface area contributed by atoms with Crippen molar-refractivity contribution in [3.63, 3.8) is 0 Å². The Labute approximate surface area is 164 Å². The van der Waals surface area contributed by atoms with Gasteiger partial charge in [-0.2, -0.15) is 5.10 Å². The molecule has 1 fully saturated rings. The average molecular weight is 378 g/mol. The van der Waals surface area contributed by atoms with Crippen LogP contribution in [0.1, 0.15) is 45.1 Å². The minimum absolute atomic E-state index is 0.0646. The Hall–Kier alpha value is -2.83. The van der Waals surface area contributed by atoms with Crippen molar-refractivity contribution >= 4 is 16.9 Å². The first-order valence-corrected chi connectivity index (χ1v) is 9.77. The maximum Gasteiger partial charge on any atom is 0.266 e. The number of hydrogen-bond donors (Lipinski definition) is 0. The summed E-state index contributed by atoms with van der Waals surface area (Å²) in [5.41, 5.74) is 1.46. The van der Waals surface area contributed by atoms with E-state index in [0.29, 0.717) is 18.0 Å². The SMILES string of the molecule is Cc1nc(N2CCCC2Cn2nc(C(C)(C)C)ccc2=O)c2cccnc2n1. The maximum atomic E-state index is 12.4. The first-order chi connectivity index (χ1) is 13.3. The fraction of sp³-hybridized carbons (Fsp3) is 0.476. The molecule has 0 aromatic carbocycles. The van der Waals surface area contributed by atoms with Crippen LogP contribution in [-0.2, 0) is 12.0 Å². The highest BCUT2D eigenvalue weighted by molar-refractivity contribution is 5.87. The quantitative estimate of drug-likeness (QED) is 0.697. The zero-order valence-corrected chi connectivity index (χ0v) is 16.9. The van der Waals surface area contributed by atoms with Gasteiger partial charge >= 0.3 is 0 Å². The van der Waals surface area contributed by atoms with Crippen LogP contribution in [0, 0.1) is 6.92 Å². The predicted molar refractivity (Wildman–Crippen MR) is 110 cm³/mol. The van der Waals surface area contributed by atoms with Crippen LogP contribution in [0.4, 0.5) is 5.82 Å². The number of aryl methyl sites for hydroxylation is 1. The highest BCUT2D eigenvalue weighted by Crippen LogP contribution is 2.30. The molecule has 7 nitrogen and oxygen atoms in total. The van der Waals surface area contributed by atoms with E-state index in [0.717, 1.165) is 36.3 Å². The Balaban J connectivity index is 1.70. The summed E-state index contributed by atoms with van der Waals surface area (Å²) in [5, 5.41) is 5.60. The molecule has 3 aromatic heterocycles. The summed E-state index contributed by atoms with van der Waals surface area (Å²) < 4.78 is 1.61. The molecule has 4 rings (SSSR count). The van der Waals surface area contributed by atoms with Gasteiger partial charge in [0.25, 0.3) is 5.56 Å². The lowest BCUT2D eigenvalue weighted by Gasteiger charge is -2.27. The Bertz CT molecular complexity index is 1070. The van der Waals surface area contributed by atoms with Crippen LogP contribution in [0.3, 0.4) is 0 Å². The molecule has 0 bridgehead atoms. The van der Waals surface area contributed by atoms with Crippen molar-refractivity contribution in [3.05, 3.63) is 52.3 Å². The van der Waals surface area contributed by atoms with E-state index in [2.05, 4.69) is 40.7 Å². The number of anilines is 1. The molecule has 0 radical (unpaired) electrons. The average Bonchev–Trinajstić information content (AvgIpc) is 3.10. The summed E-state index contributed by atoms with van der Waals surface area (Å²) in [6.07, 6.45) is 3.81. The predicted octanol–water partition coefficient (Wildman–Crippen LogP) is 2.86. The molecule has 1 atom stereocenters. The van der Waals surface area contributed by atoms with Gasteiger partial charge in [-0.3, -0.25) is 4.79 Å². The lowest BCUT2D eigenvalue weighted by molar-refractivity contribution is 0.457. The van der Waals surface area contributed by atoms with Crippen LogP contribution in [0.15, 0.2) is 35.3 Å². The molecule has 1 unspecified atom stereocenters. The number of aromatic nitrogens is 5. The third-order valence-electron chi connectivity index (χ3n) is 5.23. The fourth-order valence-electron chi connectivity index (χ4n) is 3.75. The maximum absolute atomic E-state index is 12.4. The van der Waals surface area contributed by atoms with E-state index in [-0.39, 0.29) is 17.0 Å². The van der Waals surface area contributed by atoms with Gasteiger partial charge in [-0.05, 0) is 38.0 Å². The van der Waals surface area contributed by atoms with E-state index < -0.39 is 0 Å². The summed E-state index contributed by atoms with van der Waals surface area (Å²) >= 11 is 0. The minimum Gasteiger partial charge on any atom is -0.351 e. The van der Waals surface area contributed by atoms with Crippen LogP contribution < -0.4 is 10.5 Å². The van der Waals surface area contributed by atoms with Gasteiger partial charge in [-0.1, -0.05) is 20.8 Å². The lowest BCUT2D eigenvalue weighted by Crippen LogP contribution is -2.38. The van der Waals surface area contributed by atoms with Gasteiger partial charge in [-0.25, -0.2) is 19.6 Å². The van der Waals surface area contributed by atoms with E-state index in [1.165, 1.54) is 0 Å². The van der Waals surface area contributed by atoms with Crippen molar-refractivity contribution in [1.29, 1.82) is 0 Å². The molecular formula is C21H26N6O. The van der Waals surface area contributed by atoms with Gasteiger partial charge < -0.3 is 4.90 Å². The van der Waals surface area contributed by atoms with Crippen molar-refractivity contribution in [2.75, 3.05) is 11.4 Å². The Morgan fingerprint density at radius 2 is 2.00 bits per heavy atom. The van der Waals surface area contributed by atoms with Crippen LogP contribution >= 0.6 is 0 Å². The lowest BCUT2D eigenvalue weighted by atomic mass is 9.92. The van der Waals surface area contributed by atoms with Crippen molar-refractivity contribution in [3.8, 4) is 0 Å². The van der Waals surface area contributed by atoms with Gasteiger partial charge in [0.15, 0.2) is 5.65 Å². The van der Waals surface area contributed by atoms with Crippen LogP contribution in [0.25, 0.3) is 11.0 Å². The number of nitrogens with zero attached hydrogens (tertiary/aromatic N) is 6. The van der Waals surface area contributed by atoms with Crippen LogP contribution in [0.2, 0.25) is 0 Å². The molecule has 0 saturated carbocycles. The molecule has 0 spiro atoms. The van der Waals surface area contributed by atoms with E-state index >= 15 is 0 Å². The summed E-state index contributed by atoms with van der Waals surface area (Å²) in [6.45, 7) is 9.66. The number of hydrogen-bond acceptors (Lipinski definition) is 6. The molecule has 0 amide bonds. The van der Waals surface area contributed by atoms with Crippen molar-refractivity contribution in [1.82, 2.24) is 24.7 Å². The fourth-order valence-corrected chi connectivity index (χ4v) is 3.75. The van der Waals surface area contributed by atoms with Gasteiger partial charge in [-0.15, -0.1) is 0 Å². The number of fused-ring (bicyclic) bond motifs is 1. The van der Waals surface area contributed by atoms with Crippen LogP contribution in [0.5, 0.6) is 0 Å². The third-order valence-corrected chi connectivity index (χ3v) is 5.23. The molecule has 4 heterocycles. The highest BCUT2D eigenvalue weighted by Gasteiger charge is 2.29. The highest BCUT2D eigenvalue weighted by atomic mass is 16.1. The molecule has 1 saturated heterocycles. The molecular weight excluding hydrogens is 352 g/mol. The summed E-state index contributed by atoms with van der Waals surface area (Å²) in [5.74, 6) is 1.61. The van der Waals surface area contributed by atoms with Gasteiger partial charge in [0.05, 0.1) is 23.7 Å². The van der Waals surface area contributed by atoms with Crippen LogP contribution in [-0.4, -0.2) is 37.3 Å². The Morgan fingerprint density at radius 3 is 2.79 bits per heavy atom. The van der Waals surface area contributed by atoms with E-state index in [4.69, 9.17) is 4.98 Å². The second-order valence-electron chi connectivity index (χ2n) is 8.45. The topological polar surface area (TPSA) is 76.8 Å². The Morgan fingerprint density at radius 1 is 1.18 bits per heavy atom. The minimum atomic E-state index is -0.101. The standard InChI is InChI=1S/C21H26N6O/c1-14-23-19-16(8-5-11-22-19)20(24-14)26-12-6-7-15(26)13-27-18(28)10-9-17(25-27)21(2,3)4/h5,8-11,15H,6-7,12-13H2,1-4H3. The molecule has 1 aliphatic rings. The van der Waals surface area contributed by atoms with Crippen molar-refractivity contribution < 1.29 is 0 Å². The normalized spacial score (nSPS) is 17.4. The second kappa shape index (κ2) is 6.96. The van der Waals surface area contributed by atoms with E-state index in [1.54, 1.807) is 16.9 Å². The molecule has 7 heteroatoms. The van der Waals surface area contributed by atoms with Gasteiger partial charge in [0.2, 0.25) is 0 Å². The zero-order chi connectivity index (χ0) is 19.9. The Kier molecular flexibility index (Phi) is 4.61. The number of pyridine rings is 1. The smallest absolute Gasteiger partial charge is 0.266 e. The number of rotatable bonds is 3. The first kappa shape index (κ1) is 18.5. The molecule has 0 aliphatic carbocycles. The third kappa shape index (κ3) is 3.48. The summed E-state index contributed by atoms with van der Waals surface area (Å²) in [4.78, 5) is 28.3. The second-order valence-corrected chi connectivity index (χ2v) is 8.45. The van der Waals surface area contributed by atoms with E-state index in [1.807, 2.05) is 25.1 Å². The largest absolute Gasteiger partial charge is 0.351 e. The monoisotopic (exact) mass is 378 g/mol. The first-order valence-electron chi connectivity index (χ1n) is 9.77. The molecule has 28 heavy (non-hydrogen) atoms. The summed E-state index contributed by atoms with van der Waals surface area (Å²) in [7, 11) is 0. The summed E-state index contributed by atoms with van der Waals surface area (Å²) in [6, 6.07) is 7.54. The molecule has 1 aliphatic heterocycles. The van der Waals surface area contributed by atoms with Crippen molar-refractivity contribution in [2.24, 2.45) is 0 Å². The zero-order valence-electron chi connectivity index (χ0n) is 16.9. The van der Waals surface area contributed by atoms with Gasteiger partial charge in [0, 0.05) is 24.2 Å². The van der Waals surface area contributed by atoms with E-state index in [9.17, 15) is 4.79 Å². The van der Waals surface area contributed by atoms with Gasteiger partial charge in [0.1, 0.15) is 11.6 Å². The molecule has 0 N–H and O–H groups in total. The molecule has 146 valence electrons. The van der Waals surface area contributed by atoms with Crippen molar-refractivity contribution in [2.45, 2.75) is 58.5 Å².